The van der Waals surface area contributed by atoms with E-state index in [1.165, 1.54) is 4.57 Å². The standard InChI is InChI=1S/C23H24ClN7O/c1-11-28-17-6-5-15(20(24)19(17)23(32)30(11)2)16-9-27-22-21(16)26-10-18(29-22)31-13-3-4-14(31)8-12(25)7-13/h5-6,9-10,12-14H,3-4,7-8,25H2,1-2H3,(H,27,29). The molecule has 3 N–H and O–H groups in total. The predicted molar refractivity (Wildman–Crippen MR) is 126 cm³/mol. The van der Waals surface area contributed by atoms with E-state index in [4.69, 9.17) is 27.3 Å². The summed E-state index contributed by atoms with van der Waals surface area (Å²) in [5.74, 6) is 1.54. The summed E-state index contributed by atoms with van der Waals surface area (Å²) in [5, 5.41) is 0.794. The Hall–Kier alpha value is -2.97. The largest absolute Gasteiger partial charge is 0.349 e. The summed E-state index contributed by atoms with van der Waals surface area (Å²) in [6.45, 7) is 1.80. The molecular weight excluding hydrogens is 426 g/mol. The van der Waals surface area contributed by atoms with Crippen LogP contribution in [0.1, 0.15) is 31.5 Å². The number of anilines is 1. The molecule has 2 aliphatic rings. The molecule has 32 heavy (non-hydrogen) atoms. The third-order valence-corrected chi connectivity index (χ3v) is 7.49. The molecule has 2 saturated heterocycles. The second-order valence-electron chi connectivity index (χ2n) is 9.00. The van der Waals surface area contributed by atoms with Crippen LogP contribution in [0.25, 0.3) is 33.2 Å². The second-order valence-corrected chi connectivity index (χ2v) is 9.37. The van der Waals surface area contributed by atoms with Crippen molar-refractivity contribution in [1.82, 2.24) is 24.5 Å². The number of nitrogens with two attached hydrogens (primary N) is 1. The molecule has 2 atom stereocenters. The number of H-pyrrole nitrogens is 1. The number of nitrogens with zero attached hydrogens (tertiary/aromatic N) is 5. The van der Waals surface area contributed by atoms with Crippen LogP contribution in [0.15, 0.2) is 29.3 Å². The van der Waals surface area contributed by atoms with Crippen molar-refractivity contribution in [2.45, 2.75) is 50.7 Å². The molecule has 4 aromatic rings. The molecule has 2 fully saturated rings. The summed E-state index contributed by atoms with van der Waals surface area (Å²) < 4.78 is 1.51. The highest BCUT2D eigenvalue weighted by molar-refractivity contribution is 6.38. The number of fused-ring (bicyclic) bond motifs is 4. The van der Waals surface area contributed by atoms with E-state index in [1.54, 1.807) is 14.0 Å². The van der Waals surface area contributed by atoms with Crippen LogP contribution >= 0.6 is 11.6 Å². The molecule has 1 aromatic carbocycles. The lowest BCUT2D eigenvalue weighted by Crippen LogP contribution is -2.47. The van der Waals surface area contributed by atoms with Gasteiger partial charge in [-0.2, -0.15) is 0 Å². The van der Waals surface area contributed by atoms with E-state index in [2.05, 4.69) is 14.9 Å². The summed E-state index contributed by atoms with van der Waals surface area (Å²) in [7, 11) is 1.70. The van der Waals surface area contributed by atoms with E-state index in [0.29, 0.717) is 39.5 Å². The van der Waals surface area contributed by atoms with Crippen LogP contribution in [0.2, 0.25) is 5.02 Å². The van der Waals surface area contributed by atoms with Gasteiger partial charge in [-0.1, -0.05) is 17.7 Å². The Labute approximate surface area is 189 Å². The first-order valence-corrected chi connectivity index (χ1v) is 11.3. The van der Waals surface area contributed by atoms with Crippen LogP contribution < -0.4 is 16.2 Å². The van der Waals surface area contributed by atoms with E-state index in [1.807, 2.05) is 24.5 Å². The number of rotatable bonds is 2. The maximum atomic E-state index is 12.9. The molecule has 0 aliphatic carbocycles. The fourth-order valence-electron chi connectivity index (χ4n) is 5.44. The van der Waals surface area contributed by atoms with Crippen LogP contribution in [0, 0.1) is 6.92 Å². The average molecular weight is 450 g/mol. The Balaban J connectivity index is 1.45. The molecule has 2 bridgehead atoms. The lowest BCUT2D eigenvalue weighted by molar-refractivity contribution is 0.412. The van der Waals surface area contributed by atoms with Crippen molar-refractivity contribution < 1.29 is 0 Å². The van der Waals surface area contributed by atoms with Crippen molar-refractivity contribution >= 4 is 39.5 Å². The van der Waals surface area contributed by atoms with Crippen LogP contribution in [0.5, 0.6) is 0 Å². The lowest BCUT2D eigenvalue weighted by atomic mass is 9.98. The molecule has 3 aromatic heterocycles. The van der Waals surface area contributed by atoms with Crippen LogP contribution in [-0.2, 0) is 7.05 Å². The number of piperidine rings is 1. The zero-order chi connectivity index (χ0) is 22.1. The third kappa shape index (κ3) is 2.79. The highest BCUT2D eigenvalue weighted by atomic mass is 35.5. The smallest absolute Gasteiger partial charge is 0.262 e. The molecule has 0 spiro atoms. The van der Waals surface area contributed by atoms with Crippen molar-refractivity contribution in [3.8, 4) is 11.1 Å². The van der Waals surface area contributed by atoms with E-state index in [0.717, 1.165) is 48.1 Å². The number of halogens is 1. The molecule has 5 heterocycles. The quantitative estimate of drug-likeness (QED) is 0.486. The SMILES string of the molecule is Cc1nc2ccc(-c3c[nH]c4nc(N5C6CCC5CC(N)C6)cnc34)c(Cl)c2c(=O)n1C. The summed E-state index contributed by atoms with van der Waals surface area (Å²) in [5.41, 5.74) is 9.64. The Morgan fingerprint density at radius 1 is 1.16 bits per heavy atom. The molecule has 164 valence electrons. The first-order valence-electron chi connectivity index (χ1n) is 11.0. The fourth-order valence-corrected chi connectivity index (χ4v) is 5.79. The molecule has 9 heteroatoms. The first kappa shape index (κ1) is 19.7. The zero-order valence-corrected chi connectivity index (χ0v) is 18.7. The van der Waals surface area contributed by atoms with Gasteiger partial charge in [0, 0.05) is 42.5 Å². The lowest BCUT2D eigenvalue weighted by Gasteiger charge is -2.38. The second kappa shape index (κ2) is 7.02. The zero-order valence-electron chi connectivity index (χ0n) is 18.0. The maximum Gasteiger partial charge on any atom is 0.262 e. The van der Waals surface area contributed by atoms with Crippen molar-refractivity contribution in [3.63, 3.8) is 0 Å². The number of hydrogen-bond donors (Lipinski definition) is 2. The molecule has 0 radical (unpaired) electrons. The number of aryl methyl sites for hydroxylation is 1. The number of aromatic amines is 1. The number of aromatic nitrogens is 5. The van der Waals surface area contributed by atoms with Gasteiger partial charge < -0.3 is 15.6 Å². The normalized spacial score (nSPS) is 22.9. The van der Waals surface area contributed by atoms with Gasteiger partial charge in [0.05, 0.1) is 22.1 Å². The highest BCUT2D eigenvalue weighted by Gasteiger charge is 2.40. The third-order valence-electron chi connectivity index (χ3n) is 7.10. The van der Waals surface area contributed by atoms with Gasteiger partial charge in [0.2, 0.25) is 0 Å². The van der Waals surface area contributed by atoms with Gasteiger partial charge in [-0.15, -0.1) is 0 Å². The summed E-state index contributed by atoms with van der Waals surface area (Å²) in [4.78, 5) is 32.7. The van der Waals surface area contributed by atoms with Crippen molar-refractivity contribution in [1.29, 1.82) is 0 Å². The van der Waals surface area contributed by atoms with E-state index < -0.39 is 0 Å². The number of benzene rings is 1. The van der Waals surface area contributed by atoms with E-state index in [9.17, 15) is 4.79 Å². The van der Waals surface area contributed by atoms with Crippen LogP contribution in [-0.4, -0.2) is 42.6 Å². The Bertz CT molecular complexity index is 1430. The molecule has 0 saturated carbocycles. The van der Waals surface area contributed by atoms with Gasteiger partial charge in [0.25, 0.3) is 5.56 Å². The van der Waals surface area contributed by atoms with Gasteiger partial charge in [0.15, 0.2) is 5.65 Å². The average Bonchev–Trinajstić information content (AvgIpc) is 3.30. The predicted octanol–water partition coefficient (Wildman–Crippen LogP) is 3.29. The molecule has 2 aliphatic heterocycles. The van der Waals surface area contributed by atoms with E-state index >= 15 is 0 Å². The van der Waals surface area contributed by atoms with E-state index in [-0.39, 0.29) is 11.6 Å². The van der Waals surface area contributed by atoms with Crippen LogP contribution in [0.3, 0.4) is 0 Å². The minimum atomic E-state index is -0.161. The molecular formula is C23H24ClN7O. The van der Waals surface area contributed by atoms with Crippen molar-refractivity contribution in [3.05, 3.63) is 45.7 Å². The Morgan fingerprint density at radius 3 is 2.66 bits per heavy atom. The topological polar surface area (TPSA) is 106 Å². The Morgan fingerprint density at radius 2 is 1.91 bits per heavy atom. The molecule has 8 nitrogen and oxygen atoms in total. The summed E-state index contributed by atoms with van der Waals surface area (Å²) in [6, 6.07) is 4.87. The van der Waals surface area contributed by atoms with Gasteiger partial charge in [-0.3, -0.25) is 9.36 Å². The number of nitrogens with one attached hydrogen (secondary N) is 1. The van der Waals surface area contributed by atoms with Crippen LogP contribution in [0.4, 0.5) is 5.82 Å². The number of hydrogen-bond acceptors (Lipinski definition) is 6. The molecule has 0 amide bonds. The van der Waals surface area contributed by atoms with Gasteiger partial charge in [0.1, 0.15) is 17.2 Å². The monoisotopic (exact) mass is 449 g/mol. The highest BCUT2D eigenvalue weighted by Crippen LogP contribution is 2.39. The Kier molecular flexibility index (Phi) is 4.32. The minimum absolute atomic E-state index is 0.161. The minimum Gasteiger partial charge on any atom is -0.349 e. The summed E-state index contributed by atoms with van der Waals surface area (Å²) in [6.07, 6.45) is 8.02. The summed E-state index contributed by atoms with van der Waals surface area (Å²) >= 11 is 6.74. The van der Waals surface area contributed by atoms with Gasteiger partial charge in [-0.25, -0.2) is 15.0 Å². The molecule has 2 unspecified atom stereocenters. The van der Waals surface area contributed by atoms with Crippen molar-refractivity contribution in [2.24, 2.45) is 12.8 Å². The maximum absolute atomic E-state index is 12.9. The molecule has 6 rings (SSSR count). The van der Waals surface area contributed by atoms with Gasteiger partial charge >= 0.3 is 0 Å². The van der Waals surface area contributed by atoms with Crippen molar-refractivity contribution in [2.75, 3.05) is 4.90 Å². The van der Waals surface area contributed by atoms with Gasteiger partial charge in [-0.05, 0) is 38.7 Å². The fraction of sp³-hybridized carbons (Fsp3) is 0.391. The first-order chi connectivity index (χ1) is 15.4.